The fraction of sp³-hybridized carbons (Fsp3) is 0.125. The van der Waals surface area contributed by atoms with Gasteiger partial charge in [-0.15, -0.1) is 0 Å². The minimum absolute atomic E-state index is 0.485. The molecule has 0 aromatic heterocycles. The summed E-state index contributed by atoms with van der Waals surface area (Å²) in [4.78, 5) is 0. The lowest BCUT2D eigenvalue weighted by atomic mass is 9.97. The Hall–Kier alpha value is -2.03. The van der Waals surface area contributed by atoms with Crippen molar-refractivity contribution < 1.29 is 13.2 Å². The molecule has 0 saturated heterocycles. The molecule has 2 rings (SSSR count). The van der Waals surface area contributed by atoms with Gasteiger partial charge in [0, 0.05) is 0 Å². The summed E-state index contributed by atoms with van der Waals surface area (Å²) in [5, 5.41) is 0. The van der Waals surface area contributed by atoms with E-state index in [9.17, 15) is 13.2 Å². The van der Waals surface area contributed by atoms with Crippen molar-refractivity contribution in [3.05, 3.63) is 77.4 Å². The minimum atomic E-state index is -4.33. The summed E-state index contributed by atoms with van der Waals surface area (Å²) in [5.41, 5.74) is 2.34. The molecule has 0 fully saturated rings. The highest BCUT2D eigenvalue weighted by Gasteiger charge is 2.30. The second kappa shape index (κ2) is 4.92. The summed E-state index contributed by atoms with van der Waals surface area (Å²) >= 11 is 0. The maximum atomic E-state index is 12.7. The van der Waals surface area contributed by atoms with E-state index >= 15 is 0 Å². The van der Waals surface area contributed by atoms with Gasteiger partial charge in [0.2, 0.25) is 0 Å². The predicted molar refractivity (Wildman–Crippen MR) is 70.8 cm³/mol. The molecule has 0 radical (unpaired) electrons. The van der Waals surface area contributed by atoms with Crippen LogP contribution in [0.3, 0.4) is 0 Å². The molecule has 0 bridgehead atoms. The van der Waals surface area contributed by atoms with Gasteiger partial charge in [0.25, 0.3) is 0 Å². The second-order valence-electron chi connectivity index (χ2n) is 4.42. The Balaban J connectivity index is 2.37. The van der Waals surface area contributed by atoms with E-state index in [4.69, 9.17) is 0 Å². The normalized spacial score (nSPS) is 11.4. The van der Waals surface area contributed by atoms with Crippen LogP contribution in [0.15, 0.2) is 55.1 Å². The topological polar surface area (TPSA) is 0 Å². The van der Waals surface area contributed by atoms with E-state index in [-0.39, 0.29) is 0 Å². The van der Waals surface area contributed by atoms with Crippen LogP contribution in [0.1, 0.15) is 22.3 Å². The van der Waals surface area contributed by atoms with Crippen molar-refractivity contribution in [3.63, 3.8) is 0 Å². The van der Waals surface area contributed by atoms with Crippen molar-refractivity contribution in [2.75, 3.05) is 0 Å². The molecule has 0 unspecified atom stereocenters. The van der Waals surface area contributed by atoms with Crippen molar-refractivity contribution >= 4 is 5.57 Å². The quantitative estimate of drug-likeness (QED) is 0.708. The van der Waals surface area contributed by atoms with Gasteiger partial charge in [0.1, 0.15) is 0 Å². The van der Waals surface area contributed by atoms with Crippen molar-refractivity contribution in [1.82, 2.24) is 0 Å². The van der Waals surface area contributed by atoms with Crippen LogP contribution in [0.5, 0.6) is 0 Å². The standard InChI is InChI=1S/C16H13F3/c1-11-6-8-13(9-7-11)12(2)14-4-3-5-15(10-14)16(17,18)19/h3-10H,2H2,1H3. The fourth-order valence-electron chi connectivity index (χ4n) is 1.80. The number of aryl methyl sites for hydroxylation is 1. The molecule has 19 heavy (non-hydrogen) atoms. The molecule has 0 spiro atoms. The third-order valence-electron chi connectivity index (χ3n) is 2.94. The number of rotatable bonds is 2. The fourth-order valence-corrected chi connectivity index (χ4v) is 1.80. The number of hydrogen-bond donors (Lipinski definition) is 0. The monoisotopic (exact) mass is 262 g/mol. The van der Waals surface area contributed by atoms with Crippen LogP contribution in [0, 0.1) is 6.92 Å². The Kier molecular flexibility index (Phi) is 3.47. The average molecular weight is 262 g/mol. The maximum Gasteiger partial charge on any atom is 0.416 e. The van der Waals surface area contributed by atoms with E-state index in [1.807, 2.05) is 31.2 Å². The lowest BCUT2D eigenvalue weighted by Gasteiger charge is -2.11. The van der Waals surface area contributed by atoms with Crippen molar-refractivity contribution in [2.45, 2.75) is 13.1 Å². The molecule has 0 N–H and O–H groups in total. The highest BCUT2D eigenvalue weighted by molar-refractivity contribution is 5.78. The molecule has 0 aliphatic rings. The van der Waals surface area contributed by atoms with Gasteiger partial charge in [0.05, 0.1) is 5.56 Å². The first kappa shape index (κ1) is 13.4. The zero-order valence-electron chi connectivity index (χ0n) is 10.5. The number of benzene rings is 2. The lowest BCUT2D eigenvalue weighted by molar-refractivity contribution is -0.137. The summed E-state index contributed by atoms with van der Waals surface area (Å²) in [6.07, 6.45) is -4.33. The molecule has 0 aliphatic heterocycles. The van der Waals surface area contributed by atoms with Gasteiger partial charge in [-0.05, 0) is 35.8 Å². The number of hydrogen-bond acceptors (Lipinski definition) is 0. The van der Waals surface area contributed by atoms with Gasteiger partial charge >= 0.3 is 6.18 Å². The van der Waals surface area contributed by atoms with Gasteiger partial charge in [-0.3, -0.25) is 0 Å². The van der Waals surface area contributed by atoms with Crippen molar-refractivity contribution in [2.24, 2.45) is 0 Å². The van der Waals surface area contributed by atoms with Crippen molar-refractivity contribution in [3.8, 4) is 0 Å². The Labute approximate surface area is 110 Å². The van der Waals surface area contributed by atoms with Crippen LogP contribution in [-0.2, 0) is 6.18 Å². The summed E-state index contributed by atoms with van der Waals surface area (Å²) in [6.45, 7) is 5.84. The Bertz CT molecular complexity index is 592. The summed E-state index contributed by atoms with van der Waals surface area (Å²) in [5.74, 6) is 0. The van der Waals surface area contributed by atoms with Gasteiger partial charge in [-0.2, -0.15) is 13.2 Å². The van der Waals surface area contributed by atoms with Crippen molar-refractivity contribution in [1.29, 1.82) is 0 Å². The van der Waals surface area contributed by atoms with Crippen LogP contribution >= 0.6 is 0 Å². The van der Waals surface area contributed by atoms with E-state index < -0.39 is 11.7 Å². The highest BCUT2D eigenvalue weighted by Crippen LogP contribution is 2.32. The molecular weight excluding hydrogens is 249 g/mol. The molecule has 98 valence electrons. The van der Waals surface area contributed by atoms with Crippen LogP contribution < -0.4 is 0 Å². The first-order valence-corrected chi connectivity index (χ1v) is 5.81. The van der Waals surface area contributed by atoms with Gasteiger partial charge in [-0.25, -0.2) is 0 Å². The molecule has 0 nitrogen and oxygen atoms in total. The van der Waals surface area contributed by atoms with Crippen LogP contribution in [0.25, 0.3) is 5.57 Å². The molecule has 0 amide bonds. The first-order valence-electron chi connectivity index (χ1n) is 5.81. The zero-order chi connectivity index (χ0) is 14.0. The molecule has 0 atom stereocenters. The Morgan fingerprint density at radius 1 is 0.947 bits per heavy atom. The second-order valence-corrected chi connectivity index (χ2v) is 4.42. The molecule has 0 aliphatic carbocycles. The Morgan fingerprint density at radius 2 is 1.58 bits per heavy atom. The zero-order valence-corrected chi connectivity index (χ0v) is 10.5. The van der Waals surface area contributed by atoms with Gasteiger partial charge < -0.3 is 0 Å². The third-order valence-corrected chi connectivity index (χ3v) is 2.94. The number of halogens is 3. The number of alkyl halides is 3. The first-order chi connectivity index (χ1) is 8.88. The molecule has 0 heterocycles. The van der Waals surface area contributed by atoms with E-state index in [0.29, 0.717) is 11.1 Å². The van der Waals surface area contributed by atoms with E-state index in [2.05, 4.69) is 6.58 Å². The van der Waals surface area contributed by atoms with E-state index in [1.165, 1.54) is 6.07 Å². The SMILES string of the molecule is C=C(c1ccc(C)cc1)c1cccc(C(F)(F)F)c1. The summed E-state index contributed by atoms with van der Waals surface area (Å²) in [6, 6.07) is 12.8. The molecule has 3 heteroatoms. The van der Waals surface area contributed by atoms with Crippen LogP contribution in [-0.4, -0.2) is 0 Å². The molecule has 2 aromatic rings. The van der Waals surface area contributed by atoms with E-state index in [0.717, 1.165) is 23.3 Å². The van der Waals surface area contributed by atoms with E-state index in [1.54, 1.807) is 6.07 Å². The van der Waals surface area contributed by atoms with Crippen LogP contribution in [0.4, 0.5) is 13.2 Å². The predicted octanol–water partition coefficient (Wildman–Crippen LogP) is 5.08. The molecule has 2 aromatic carbocycles. The summed E-state index contributed by atoms with van der Waals surface area (Å²) in [7, 11) is 0. The average Bonchev–Trinajstić information content (AvgIpc) is 2.38. The van der Waals surface area contributed by atoms with Gasteiger partial charge in [0.15, 0.2) is 0 Å². The molecule has 0 saturated carbocycles. The largest absolute Gasteiger partial charge is 0.416 e. The van der Waals surface area contributed by atoms with Crippen LogP contribution in [0.2, 0.25) is 0 Å². The maximum absolute atomic E-state index is 12.7. The summed E-state index contributed by atoms with van der Waals surface area (Å²) < 4.78 is 38.0. The Morgan fingerprint density at radius 3 is 2.16 bits per heavy atom. The lowest BCUT2D eigenvalue weighted by Crippen LogP contribution is -2.05. The highest BCUT2D eigenvalue weighted by atomic mass is 19.4. The van der Waals surface area contributed by atoms with Gasteiger partial charge in [-0.1, -0.05) is 48.5 Å². The minimum Gasteiger partial charge on any atom is -0.166 e. The smallest absolute Gasteiger partial charge is 0.166 e. The molecular formula is C16H13F3. The third kappa shape index (κ3) is 3.05.